The summed E-state index contributed by atoms with van der Waals surface area (Å²) in [5.74, 6) is 0.804. The molecule has 1 aromatic rings. The molecule has 0 aromatic carbocycles. The van der Waals surface area contributed by atoms with E-state index in [0.717, 1.165) is 63.6 Å². The van der Waals surface area contributed by atoms with Crippen molar-refractivity contribution in [2.24, 2.45) is 4.99 Å². The van der Waals surface area contributed by atoms with Crippen molar-refractivity contribution in [2.75, 3.05) is 46.1 Å². The number of aliphatic imine (C=N–C) groups is 1. The Labute approximate surface area is 192 Å². The standard InChI is InChI=1S/C21H38N4O3.HI/c1-4-6-15-27-17-18-28-16-13-24-21(22-5-2)23-12-7-8-14-25-19(3)10-9-11-20(25)26;/h9-11H,4-8,12-18H2,1-3H3,(H2,22,23,24);1H. The third-order valence-electron chi connectivity index (χ3n) is 4.23. The maximum absolute atomic E-state index is 11.9. The second-order valence-electron chi connectivity index (χ2n) is 6.63. The first-order valence-corrected chi connectivity index (χ1v) is 10.5. The number of pyridine rings is 1. The Morgan fingerprint density at radius 3 is 2.48 bits per heavy atom. The number of aromatic nitrogens is 1. The van der Waals surface area contributed by atoms with Gasteiger partial charge in [0.15, 0.2) is 5.96 Å². The Morgan fingerprint density at radius 1 is 1.03 bits per heavy atom. The first kappa shape index (κ1) is 27.9. The number of hydrogen-bond donors (Lipinski definition) is 2. The number of unbranched alkanes of at least 4 members (excludes halogenated alkanes) is 2. The van der Waals surface area contributed by atoms with E-state index in [-0.39, 0.29) is 29.5 Å². The van der Waals surface area contributed by atoms with Crippen LogP contribution in [0.4, 0.5) is 0 Å². The van der Waals surface area contributed by atoms with Crippen LogP contribution in [0.2, 0.25) is 0 Å². The summed E-state index contributed by atoms with van der Waals surface area (Å²) in [6, 6.07) is 5.37. The Balaban J connectivity index is 0.00000784. The molecule has 1 heterocycles. The SMILES string of the molecule is CCCCOCCOCCNC(=NCCCCn1c(C)cccc1=O)NCC.I. The molecule has 0 saturated heterocycles. The molecule has 0 aliphatic heterocycles. The fraction of sp³-hybridized carbons (Fsp3) is 0.714. The predicted molar refractivity (Wildman–Crippen MR) is 131 cm³/mol. The third kappa shape index (κ3) is 13.7. The lowest BCUT2D eigenvalue weighted by molar-refractivity contribution is 0.0487. The lowest BCUT2D eigenvalue weighted by Crippen LogP contribution is -2.39. The van der Waals surface area contributed by atoms with Gasteiger partial charge >= 0.3 is 0 Å². The van der Waals surface area contributed by atoms with E-state index < -0.39 is 0 Å². The molecule has 0 saturated carbocycles. The van der Waals surface area contributed by atoms with Crippen molar-refractivity contribution in [1.29, 1.82) is 0 Å². The Morgan fingerprint density at radius 2 is 1.79 bits per heavy atom. The van der Waals surface area contributed by atoms with Crippen molar-refractivity contribution < 1.29 is 9.47 Å². The number of halogens is 1. The van der Waals surface area contributed by atoms with Gasteiger partial charge in [-0.1, -0.05) is 19.4 Å². The molecule has 0 radical (unpaired) electrons. The van der Waals surface area contributed by atoms with Crippen LogP contribution in [0.1, 0.15) is 45.2 Å². The van der Waals surface area contributed by atoms with Crippen LogP contribution >= 0.6 is 24.0 Å². The van der Waals surface area contributed by atoms with Gasteiger partial charge in [0.25, 0.3) is 5.56 Å². The first-order valence-electron chi connectivity index (χ1n) is 10.5. The molecular weight excluding hydrogens is 483 g/mol. The van der Waals surface area contributed by atoms with E-state index in [4.69, 9.17) is 9.47 Å². The van der Waals surface area contributed by atoms with Crippen LogP contribution in [-0.2, 0) is 16.0 Å². The lowest BCUT2D eigenvalue weighted by Gasteiger charge is -2.12. The van der Waals surface area contributed by atoms with E-state index in [2.05, 4.69) is 22.5 Å². The summed E-state index contributed by atoms with van der Waals surface area (Å²) < 4.78 is 12.8. The Hall–Kier alpha value is -1.13. The van der Waals surface area contributed by atoms with Crippen LogP contribution in [0, 0.1) is 6.92 Å². The zero-order chi connectivity index (χ0) is 20.5. The maximum Gasteiger partial charge on any atom is 0.250 e. The minimum absolute atomic E-state index is 0. The number of rotatable bonds is 15. The smallest absolute Gasteiger partial charge is 0.250 e. The molecule has 1 aromatic heterocycles. The van der Waals surface area contributed by atoms with Crippen molar-refractivity contribution in [3.8, 4) is 0 Å². The fourth-order valence-corrected chi connectivity index (χ4v) is 2.63. The average molecular weight is 522 g/mol. The molecule has 0 spiro atoms. The number of hydrogen-bond acceptors (Lipinski definition) is 4. The molecule has 0 atom stereocenters. The summed E-state index contributed by atoms with van der Waals surface area (Å²) in [6.07, 6.45) is 4.12. The summed E-state index contributed by atoms with van der Waals surface area (Å²) in [4.78, 5) is 16.4. The quantitative estimate of drug-likeness (QED) is 0.160. The fourth-order valence-electron chi connectivity index (χ4n) is 2.63. The molecule has 168 valence electrons. The van der Waals surface area contributed by atoms with Gasteiger partial charge in [-0.25, -0.2) is 0 Å². The number of guanidine groups is 1. The molecule has 7 nitrogen and oxygen atoms in total. The molecular formula is C21H39IN4O3. The molecule has 29 heavy (non-hydrogen) atoms. The van der Waals surface area contributed by atoms with Gasteiger partial charge < -0.3 is 24.7 Å². The normalized spacial score (nSPS) is 11.2. The Bertz CT molecular complexity index is 608. The molecule has 0 aliphatic rings. The van der Waals surface area contributed by atoms with E-state index in [1.54, 1.807) is 12.1 Å². The highest BCUT2D eigenvalue weighted by Crippen LogP contribution is 1.98. The monoisotopic (exact) mass is 522 g/mol. The average Bonchev–Trinajstić information content (AvgIpc) is 2.68. The molecule has 8 heteroatoms. The number of ether oxygens (including phenoxy) is 2. The zero-order valence-corrected chi connectivity index (χ0v) is 20.6. The largest absolute Gasteiger partial charge is 0.379 e. The van der Waals surface area contributed by atoms with Crippen LogP contribution < -0.4 is 16.2 Å². The van der Waals surface area contributed by atoms with Crippen LogP contribution in [0.15, 0.2) is 28.0 Å². The number of aryl methyl sites for hydroxylation is 1. The molecule has 0 bridgehead atoms. The zero-order valence-electron chi connectivity index (χ0n) is 18.2. The van der Waals surface area contributed by atoms with Gasteiger partial charge in [0.1, 0.15) is 0 Å². The molecule has 0 amide bonds. The van der Waals surface area contributed by atoms with Crippen LogP contribution in [-0.4, -0.2) is 56.6 Å². The van der Waals surface area contributed by atoms with Crippen LogP contribution in [0.3, 0.4) is 0 Å². The minimum atomic E-state index is 0. The highest BCUT2D eigenvalue weighted by atomic mass is 127. The van der Waals surface area contributed by atoms with Gasteiger partial charge in [-0.15, -0.1) is 24.0 Å². The number of nitrogens with zero attached hydrogens (tertiary/aromatic N) is 2. The van der Waals surface area contributed by atoms with Gasteiger partial charge in [-0.3, -0.25) is 9.79 Å². The first-order chi connectivity index (χ1) is 13.7. The van der Waals surface area contributed by atoms with Gasteiger partial charge in [0.05, 0.1) is 19.8 Å². The van der Waals surface area contributed by atoms with Crippen molar-refractivity contribution in [3.63, 3.8) is 0 Å². The second-order valence-corrected chi connectivity index (χ2v) is 6.63. The molecule has 0 fully saturated rings. The van der Waals surface area contributed by atoms with Gasteiger partial charge in [0.2, 0.25) is 0 Å². The van der Waals surface area contributed by atoms with E-state index in [1.165, 1.54) is 0 Å². The van der Waals surface area contributed by atoms with Crippen molar-refractivity contribution in [2.45, 2.75) is 53.0 Å². The predicted octanol–water partition coefficient (Wildman–Crippen LogP) is 2.94. The molecule has 0 aliphatic carbocycles. The summed E-state index contributed by atoms with van der Waals surface area (Å²) in [7, 11) is 0. The van der Waals surface area contributed by atoms with Crippen molar-refractivity contribution in [3.05, 3.63) is 34.2 Å². The minimum Gasteiger partial charge on any atom is -0.379 e. The third-order valence-corrected chi connectivity index (χ3v) is 4.23. The van der Waals surface area contributed by atoms with E-state index in [9.17, 15) is 4.79 Å². The molecule has 0 unspecified atom stereocenters. The molecule has 2 N–H and O–H groups in total. The Kier molecular flexibility index (Phi) is 18.1. The van der Waals surface area contributed by atoms with Gasteiger partial charge in [-0.2, -0.15) is 0 Å². The summed E-state index contributed by atoms with van der Waals surface area (Å²) in [6.45, 7) is 11.9. The highest BCUT2D eigenvalue weighted by molar-refractivity contribution is 14.0. The summed E-state index contributed by atoms with van der Waals surface area (Å²) in [5, 5.41) is 6.51. The van der Waals surface area contributed by atoms with Crippen LogP contribution in [0.5, 0.6) is 0 Å². The topological polar surface area (TPSA) is 76.9 Å². The molecule has 1 rings (SSSR count). The second kappa shape index (κ2) is 18.9. The van der Waals surface area contributed by atoms with Gasteiger partial charge in [-0.05, 0) is 39.2 Å². The van der Waals surface area contributed by atoms with E-state index >= 15 is 0 Å². The maximum atomic E-state index is 11.9. The lowest BCUT2D eigenvalue weighted by atomic mass is 10.3. The van der Waals surface area contributed by atoms with Crippen LogP contribution in [0.25, 0.3) is 0 Å². The van der Waals surface area contributed by atoms with E-state index in [1.807, 2.05) is 24.5 Å². The number of nitrogens with one attached hydrogen (secondary N) is 2. The van der Waals surface area contributed by atoms with E-state index in [0.29, 0.717) is 26.4 Å². The summed E-state index contributed by atoms with van der Waals surface area (Å²) >= 11 is 0. The highest BCUT2D eigenvalue weighted by Gasteiger charge is 2.00. The van der Waals surface area contributed by atoms with Gasteiger partial charge in [0, 0.05) is 44.5 Å². The van der Waals surface area contributed by atoms with Crippen molar-refractivity contribution >= 4 is 29.9 Å². The van der Waals surface area contributed by atoms with Crippen molar-refractivity contribution in [1.82, 2.24) is 15.2 Å². The summed E-state index contributed by atoms with van der Waals surface area (Å²) in [5.41, 5.74) is 1.07.